The maximum atomic E-state index is 6.36. The Labute approximate surface area is 133 Å². The molecule has 0 spiro atoms. The number of rotatable bonds is 5. The summed E-state index contributed by atoms with van der Waals surface area (Å²) in [4.78, 5) is 0. The Morgan fingerprint density at radius 2 is 2.15 bits per heavy atom. The topological polar surface area (TPSA) is 29.9 Å². The van der Waals surface area contributed by atoms with Gasteiger partial charge in [0.05, 0.1) is 5.69 Å². The number of hydrogen-bond acceptors (Lipinski definition) is 2. The molecule has 108 valence electrons. The summed E-state index contributed by atoms with van der Waals surface area (Å²) in [6.07, 6.45) is 0.868. The zero-order valence-electron chi connectivity index (χ0n) is 12.0. The first kappa shape index (κ1) is 15.5. The van der Waals surface area contributed by atoms with E-state index >= 15 is 0 Å². The molecular formula is C15H19BrClN3. The molecule has 1 heterocycles. The minimum Gasteiger partial charge on any atom is -0.313 e. The van der Waals surface area contributed by atoms with Crippen LogP contribution < -0.4 is 5.32 Å². The van der Waals surface area contributed by atoms with Gasteiger partial charge in [0.15, 0.2) is 0 Å². The van der Waals surface area contributed by atoms with Crippen LogP contribution in [-0.4, -0.2) is 16.8 Å². The number of aryl methyl sites for hydroxylation is 2. The molecule has 0 aliphatic carbocycles. The van der Waals surface area contributed by atoms with E-state index in [0.29, 0.717) is 0 Å². The first-order valence-corrected chi connectivity index (χ1v) is 7.87. The van der Waals surface area contributed by atoms with E-state index in [1.54, 1.807) is 0 Å². The highest BCUT2D eigenvalue weighted by Gasteiger charge is 2.16. The molecule has 0 fully saturated rings. The SMILES string of the molecule is CCn1nc(C)cc1CC(NC)c1ccc(Br)cc1Cl. The quantitative estimate of drug-likeness (QED) is 0.873. The largest absolute Gasteiger partial charge is 0.313 e. The zero-order chi connectivity index (χ0) is 14.7. The van der Waals surface area contributed by atoms with Crippen LogP contribution in [0.15, 0.2) is 28.7 Å². The second kappa shape index (κ2) is 6.74. The van der Waals surface area contributed by atoms with E-state index in [9.17, 15) is 0 Å². The maximum absolute atomic E-state index is 6.36. The number of nitrogens with zero attached hydrogens (tertiary/aromatic N) is 2. The Bertz CT molecular complexity index is 595. The van der Waals surface area contributed by atoms with Gasteiger partial charge in [-0.2, -0.15) is 5.10 Å². The molecule has 2 aromatic rings. The van der Waals surface area contributed by atoms with Crippen LogP contribution in [0.5, 0.6) is 0 Å². The highest BCUT2D eigenvalue weighted by molar-refractivity contribution is 9.10. The molecule has 1 aromatic carbocycles. The molecule has 0 saturated heterocycles. The van der Waals surface area contributed by atoms with Gasteiger partial charge >= 0.3 is 0 Å². The van der Waals surface area contributed by atoms with Crippen LogP contribution in [0.25, 0.3) is 0 Å². The van der Waals surface area contributed by atoms with Crippen molar-refractivity contribution in [3.63, 3.8) is 0 Å². The van der Waals surface area contributed by atoms with E-state index in [4.69, 9.17) is 11.6 Å². The number of likely N-dealkylation sites (N-methyl/N-ethyl adjacent to an activating group) is 1. The van der Waals surface area contributed by atoms with Gasteiger partial charge in [0.1, 0.15) is 0 Å². The summed E-state index contributed by atoms with van der Waals surface area (Å²) in [5.74, 6) is 0. The highest BCUT2D eigenvalue weighted by atomic mass is 79.9. The van der Waals surface area contributed by atoms with Crippen molar-refractivity contribution in [1.29, 1.82) is 0 Å². The second-order valence-corrected chi connectivity index (χ2v) is 6.13. The maximum Gasteiger partial charge on any atom is 0.0596 e. The predicted octanol–water partition coefficient (Wildman–Crippen LogP) is 4.13. The first-order valence-electron chi connectivity index (χ1n) is 6.70. The van der Waals surface area contributed by atoms with E-state index in [2.05, 4.69) is 45.4 Å². The Morgan fingerprint density at radius 1 is 1.40 bits per heavy atom. The summed E-state index contributed by atoms with van der Waals surface area (Å²) in [5.41, 5.74) is 3.39. The van der Waals surface area contributed by atoms with Crippen molar-refractivity contribution < 1.29 is 0 Å². The molecule has 0 aliphatic heterocycles. The van der Waals surface area contributed by atoms with E-state index in [1.165, 1.54) is 5.69 Å². The first-order chi connectivity index (χ1) is 9.55. The Kier molecular flexibility index (Phi) is 5.24. The lowest BCUT2D eigenvalue weighted by Gasteiger charge is -2.18. The van der Waals surface area contributed by atoms with Gasteiger partial charge < -0.3 is 5.32 Å². The van der Waals surface area contributed by atoms with Crippen molar-refractivity contribution >= 4 is 27.5 Å². The fraction of sp³-hybridized carbons (Fsp3) is 0.400. The van der Waals surface area contributed by atoms with Crippen molar-refractivity contribution in [3.8, 4) is 0 Å². The van der Waals surface area contributed by atoms with E-state index in [0.717, 1.165) is 33.7 Å². The standard InChI is InChI=1S/C15H19BrClN3/c1-4-20-12(7-10(2)19-20)9-15(18-3)13-6-5-11(16)8-14(13)17/h5-8,15,18H,4,9H2,1-3H3. The smallest absolute Gasteiger partial charge is 0.0596 e. The molecule has 5 heteroatoms. The van der Waals surface area contributed by atoms with Gasteiger partial charge in [0.25, 0.3) is 0 Å². The van der Waals surface area contributed by atoms with Crippen molar-refractivity contribution in [2.45, 2.75) is 32.9 Å². The third-order valence-corrected chi connectivity index (χ3v) is 4.21. The van der Waals surface area contributed by atoms with Crippen LogP contribution in [0.4, 0.5) is 0 Å². The average molecular weight is 357 g/mol. The Balaban J connectivity index is 2.28. The fourth-order valence-electron chi connectivity index (χ4n) is 2.40. The van der Waals surface area contributed by atoms with Crippen molar-refractivity contribution in [3.05, 3.63) is 50.7 Å². The fourth-order valence-corrected chi connectivity index (χ4v) is 3.20. The molecule has 20 heavy (non-hydrogen) atoms. The lowest BCUT2D eigenvalue weighted by Crippen LogP contribution is -2.21. The van der Waals surface area contributed by atoms with Gasteiger partial charge in [0.2, 0.25) is 0 Å². The summed E-state index contributed by atoms with van der Waals surface area (Å²) in [5, 5.41) is 8.62. The molecular weight excluding hydrogens is 338 g/mol. The molecule has 3 nitrogen and oxygen atoms in total. The van der Waals surface area contributed by atoms with Crippen molar-refractivity contribution in [1.82, 2.24) is 15.1 Å². The summed E-state index contributed by atoms with van der Waals surface area (Å²) in [7, 11) is 1.96. The molecule has 0 saturated carbocycles. The molecule has 0 bridgehead atoms. The van der Waals surface area contributed by atoms with Crippen LogP contribution in [0.3, 0.4) is 0 Å². The van der Waals surface area contributed by atoms with Crippen LogP contribution in [-0.2, 0) is 13.0 Å². The molecule has 1 N–H and O–H groups in total. The molecule has 2 rings (SSSR count). The molecule has 0 radical (unpaired) electrons. The van der Waals surface area contributed by atoms with Crippen LogP contribution in [0.1, 0.15) is 29.9 Å². The minimum atomic E-state index is 0.178. The van der Waals surface area contributed by atoms with Gasteiger partial charge in [-0.05, 0) is 44.7 Å². The lowest BCUT2D eigenvalue weighted by atomic mass is 10.0. The van der Waals surface area contributed by atoms with Gasteiger partial charge in [-0.1, -0.05) is 33.6 Å². The number of benzene rings is 1. The molecule has 0 aliphatic rings. The molecule has 0 amide bonds. The molecule has 1 unspecified atom stereocenters. The number of aromatic nitrogens is 2. The van der Waals surface area contributed by atoms with Crippen molar-refractivity contribution in [2.24, 2.45) is 0 Å². The number of halogens is 2. The van der Waals surface area contributed by atoms with Crippen LogP contribution in [0.2, 0.25) is 5.02 Å². The predicted molar refractivity (Wildman–Crippen MR) is 87.3 cm³/mol. The normalized spacial score (nSPS) is 12.7. The Hall–Kier alpha value is -0.840. The van der Waals surface area contributed by atoms with Crippen LogP contribution >= 0.6 is 27.5 Å². The van der Waals surface area contributed by atoms with Crippen molar-refractivity contribution in [2.75, 3.05) is 7.05 Å². The van der Waals surface area contributed by atoms with Gasteiger partial charge in [-0.3, -0.25) is 4.68 Å². The average Bonchev–Trinajstić information content (AvgIpc) is 2.76. The minimum absolute atomic E-state index is 0.178. The third kappa shape index (κ3) is 3.43. The number of nitrogens with one attached hydrogen (secondary N) is 1. The Morgan fingerprint density at radius 3 is 2.75 bits per heavy atom. The number of hydrogen-bond donors (Lipinski definition) is 1. The second-order valence-electron chi connectivity index (χ2n) is 4.80. The summed E-state index contributed by atoms with van der Waals surface area (Å²) >= 11 is 9.80. The monoisotopic (exact) mass is 355 g/mol. The van der Waals surface area contributed by atoms with Crippen LogP contribution in [0, 0.1) is 6.92 Å². The van der Waals surface area contributed by atoms with Gasteiger partial charge in [-0.15, -0.1) is 0 Å². The van der Waals surface area contributed by atoms with E-state index in [1.807, 2.05) is 30.8 Å². The zero-order valence-corrected chi connectivity index (χ0v) is 14.3. The van der Waals surface area contributed by atoms with Gasteiger partial charge in [-0.25, -0.2) is 0 Å². The third-order valence-electron chi connectivity index (χ3n) is 3.38. The summed E-state index contributed by atoms with van der Waals surface area (Å²) in [6, 6.07) is 8.34. The van der Waals surface area contributed by atoms with E-state index < -0.39 is 0 Å². The summed E-state index contributed by atoms with van der Waals surface area (Å²) < 4.78 is 3.04. The summed E-state index contributed by atoms with van der Waals surface area (Å²) in [6.45, 7) is 5.02. The van der Waals surface area contributed by atoms with E-state index in [-0.39, 0.29) is 6.04 Å². The molecule has 1 atom stereocenters. The lowest BCUT2D eigenvalue weighted by molar-refractivity contribution is 0.541. The van der Waals surface area contributed by atoms with Gasteiger partial charge in [0, 0.05) is 34.2 Å². The molecule has 1 aromatic heterocycles. The highest BCUT2D eigenvalue weighted by Crippen LogP contribution is 2.28.